The molecule has 3 rings (SSSR count). The minimum absolute atomic E-state index is 0.268. The van der Waals surface area contributed by atoms with Crippen LogP contribution in [-0.4, -0.2) is 29.0 Å². The maximum atomic E-state index is 12.3. The van der Waals surface area contributed by atoms with Crippen LogP contribution in [0.2, 0.25) is 0 Å². The van der Waals surface area contributed by atoms with E-state index in [0.29, 0.717) is 10.6 Å². The molecule has 0 aliphatic heterocycles. The van der Waals surface area contributed by atoms with Gasteiger partial charge in [-0.2, -0.15) is 0 Å². The molecular formula is C19H18N4O4S. The van der Waals surface area contributed by atoms with Crippen LogP contribution in [0.5, 0.6) is 0 Å². The maximum absolute atomic E-state index is 12.3. The molecule has 28 heavy (non-hydrogen) atoms. The Kier molecular flexibility index (Phi) is 5.85. The number of imide groups is 1. The van der Waals surface area contributed by atoms with Crippen LogP contribution >= 0.6 is 11.3 Å². The lowest BCUT2D eigenvalue weighted by atomic mass is 10.2. The summed E-state index contributed by atoms with van der Waals surface area (Å²) in [4.78, 5) is 40.3. The molecular weight excluding hydrogens is 380 g/mol. The molecule has 0 saturated heterocycles. The summed E-state index contributed by atoms with van der Waals surface area (Å²) < 4.78 is 5.88. The van der Waals surface area contributed by atoms with Gasteiger partial charge in [0.05, 0.1) is 15.8 Å². The Labute approximate surface area is 164 Å². The first-order valence-electron chi connectivity index (χ1n) is 8.42. The molecule has 2 aromatic carbocycles. The van der Waals surface area contributed by atoms with Gasteiger partial charge >= 0.3 is 12.0 Å². The van der Waals surface area contributed by atoms with Gasteiger partial charge in [-0.15, -0.1) is 0 Å². The molecule has 0 bridgehead atoms. The number of anilines is 1. The third-order valence-electron chi connectivity index (χ3n) is 3.83. The number of esters is 1. The van der Waals surface area contributed by atoms with Crippen LogP contribution in [0, 0.1) is 0 Å². The van der Waals surface area contributed by atoms with E-state index >= 15 is 0 Å². The summed E-state index contributed by atoms with van der Waals surface area (Å²) >= 11 is 1.25. The highest BCUT2D eigenvalue weighted by Gasteiger charge is 2.21. The van der Waals surface area contributed by atoms with Crippen LogP contribution in [0.1, 0.15) is 22.8 Å². The van der Waals surface area contributed by atoms with Crippen molar-refractivity contribution >= 4 is 44.6 Å². The zero-order chi connectivity index (χ0) is 20.1. The van der Waals surface area contributed by atoms with Crippen molar-refractivity contribution in [3.8, 4) is 0 Å². The van der Waals surface area contributed by atoms with Gasteiger partial charge < -0.3 is 15.8 Å². The quantitative estimate of drug-likeness (QED) is 0.567. The molecule has 0 aliphatic carbocycles. The van der Waals surface area contributed by atoms with Crippen molar-refractivity contribution in [2.75, 3.05) is 5.73 Å². The fourth-order valence-corrected chi connectivity index (χ4v) is 3.16. The largest absolute Gasteiger partial charge is 0.449 e. The van der Waals surface area contributed by atoms with Gasteiger partial charge in [0.1, 0.15) is 0 Å². The molecule has 0 fully saturated rings. The number of nitrogen functional groups attached to an aromatic ring is 1. The molecule has 0 spiro atoms. The Bertz CT molecular complexity index is 1020. The van der Waals surface area contributed by atoms with E-state index in [9.17, 15) is 14.4 Å². The van der Waals surface area contributed by atoms with Crippen molar-refractivity contribution in [3.63, 3.8) is 0 Å². The molecule has 4 N–H and O–H groups in total. The van der Waals surface area contributed by atoms with E-state index in [1.165, 1.54) is 18.3 Å². The van der Waals surface area contributed by atoms with Gasteiger partial charge in [-0.05, 0) is 30.7 Å². The minimum atomic E-state index is -1.14. The summed E-state index contributed by atoms with van der Waals surface area (Å²) in [6.07, 6.45) is -1.14. The van der Waals surface area contributed by atoms with Gasteiger partial charge in [-0.25, -0.2) is 14.6 Å². The number of thiazole rings is 1. The van der Waals surface area contributed by atoms with Gasteiger partial charge in [0.2, 0.25) is 0 Å². The molecule has 0 saturated carbocycles. The second-order valence-electron chi connectivity index (χ2n) is 5.94. The number of nitrogens with two attached hydrogens (primary N) is 1. The van der Waals surface area contributed by atoms with Gasteiger partial charge in [-0.3, -0.25) is 10.1 Å². The van der Waals surface area contributed by atoms with Crippen molar-refractivity contribution in [2.24, 2.45) is 0 Å². The number of ether oxygens (including phenoxy) is 1. The highest BCUT2D eigenvalue weighted by atomic mass is 32.1. The number of carbonyl (C=O) groups is 3. The minimum Gasteiger partial charge on any atom is -0.449 e. The summed E-state index contributed by atoms with van der Waals surface area (Å²) in [6, 6.07) is 13.4. The fraction of sp³-hybridized carbons (Fsp3) is 0.158. The van der Waals surface area contributed by atoms with Gasteiger partial charge in [0.25, 0.3) is 5.91 Å². The lowest BCUT2D eigenvalue weighted by Gasteiger charge is -2.13. The molecule has 1 heterocycles. The van der Waals surface area contributed by atoms with Gasteiger partial charge in [0.15, 0.2) is 11.2 Å². The van der Waals surface area contributed by atoms with E-state index in [1.807, 2.05) is 30.3 Å². The van der Waals surface area contributed by atoms with E-state index in [1.54, 1.807) is 18.2 Å². The van der Waals surface area contributed by atoms with Gasteiger partial charge in [-0.1, -0.05) is 41.7 Å². The molecule has 3 aromatic rings. The van der Waals surface area contributed by atoms with Crippen LogP contribution in [-0.2, 0) is 16.1 Å². The first-order chi connectivity index (χ1) is 13.4. The van der Waals surface area contributed by atoms with E-state index < -0.39 is 24.0 Å². The molecule has 3 amide bonds. The van der Waals surface area contributed by atoms with Crippen molar-refractivity contribution < 1.29 is 19.1 Å². The predicted molar refractivity (Wildman–Crippen MR) is 106 cm³/mol. The number of hydrogen-bond donors (Lipinski definition) is 3. The molecule has 9 heteroatoms. The SMILES string of the molecule is CC(OC(=O)c1ccc2nc(N)sc2c1)C(=O)NC(=O)NCc1ccccc1. The zero-order valence-electron chi connectivity index (χ0n) is 15.0. The molecule has 1 atom stereocenters. The number of urea groups is 1. The Morgan fingerprint density at radius 3 is 2.68 bits per heavy atom. The Balaban J connectivity index is 1.52. The number of aromatic nitrogens is 1. The average molecular weight is 398 g/mol. The number of rotatable bonds is 5. The van der Waals surface area contributed by atoms with Crippen molar-refractivity contribution in [1.82, 2.24) is 15.6 Å². The summed E-state index contributed by atoms with van der Waals surface area (Å²) in [6.45, 7) is 1.66. The van der Waals surface area contributed by atoms with Crippen LogP contribution < -0.4 is 16.4 Å². The number of nitrogens with zero attached hydrogens (tertiary/aromatic N) is 1. The first-order valence-corrected chi connectivity index (χ1v) is 9.23. The molecule has 8 nitrogen and oxygen atoms in total. The zero-order valence-corrected chi connectivity index (χ0v) is 15.8. The standard InChI is InChI=1S/C19H18N4O4S/c1-11(16(24)23-19(26)21-10-12-5-3-2-4-6-12)27-17(25)13-7-8-14-15(9-13)28-18(20)22-14/h2-9,11H,10H2,1H3,(H2,20,22)(H2,21,23,24,26). The van der Waals surface area contributed by atoms with Crippen molar-refractivity contribution in [1.29, 1.82) is 0 Å². The highest BCUT2D eigenvalue weighted by Crippen LogP contribution is 2.25. The summed E-state index contributed by atoms with van der Waals surface area (Å²) in [5.74, 6) is -1.40. The first kappa shape index (κ1) is 19.3. The molecule has 0 radical (unpaired) electrons. The van der Waals surface area contributed by atoms with Crippen LogP contribution in [0.25, 0.3) is 10.2 Å². The third-order valence-corrected chi connectivity index (χ3v) is 4.67. The highest BCUT2D eigenvalue weighted by molar-refractivity contribution is 7.22. The Morgan fingerprint density at radius 2 is 1.93 bits per heavy atom. The van der Waals surface area contributed by atoms with E-state index in [4.69, 9.17) is 10.5 Å². The van der Waals surface area contributed by atoms with Crippen LogP contribution in [0.3, 0.4) is 0 Å². The third kappa shape index (κ3) is 4.83. The second-order valence-corrected chi connectivity index (χ2v) is 7.00. The summed E-state index contributed by atoms with van der Waals surface area (Å²) in [7, 11) is 0. The topological polar surface area (TPSA) is 123 Å². The second kappa shape index (κ2) is 8.49. The number of fused-ring (bicyclic) bond motifs is 1. The Morgan fingerprint density at radius 1 is 1.18 bits per heavy atom. The number of carbonyl (C=O) groups excluding carboxylic acids is 3. The number of hydrogen-bond acceptors (Lipinski definition) is 7. The predicted octanol–water partition coefficient (Wildman–Crippen LogP) is 2.45. The molecule has 1 aromatic heterocycles. The van der Waals surface area contributed by atoms with E-state index in [-0.39, 0.29) is 12.1 Å². The van der Waals surface area contributed by atoms with Crippen molar-refractivity contribution in [3.05, 3.63) is 59.7 Å². The summed E-state index contributed by atoms with van der Waals surface area (Å²) in [5, 5.41) is 5.11. The van der Waals surface area contributed by atoms with Crippen molar-refractivity contribution in [2.45, 2.75) is 19.6 Å². The normalized spacial score (nSPS) is 11.6. The molecule has 0 aliphatic rings. The van der Waals surface area contributed by atoms with Crippen LogP contribution in [0.4, 0.5) is 9.93 Å². The molecule has 1 unspecified atom stereocenters. The smallest absolute Gasteiger partial charge is 0.338 e. The number of nitrogens with one attached hydrogen (secondary N) is 2. The van der Waals surface area contributed by atoms with E-state index in [2.05, 4.69) is 15.6 Å². The monoisotopic (exact) mass is 398 g/mol. The van der Waals surface area contributed by atoms with Gasteiger partial charge in [0, 0.05) is 6.54 Å². The molecule has 144 valence electrons. The average Bonchev–Trinajstić information content (AvgIpc) is 3.06. The van der Waals surface area contributed by atoms with Crippen LogP contribution in [0.15, 0.2) is 48.5 Å². The summed E-state index contributed by atoms with van der Waals surface area (Å²) in [5.41, 5.74) is 7.49. The fourth-order valence-electron chi connectivity index (χ4n) is 2.39. The number of amides is 3. The number of benzene rings is 2. The Hall–Kier alpha value is -3.46. The lowest BCUT2D eigenvalue weighted by molar-refractivity contribution is -0.127. The maximum Gasteiger partial charge on any atom is 0.338 e. The lowest BCUT2D eigenvalue weighted by Crippen LogP contribution is -2.44. The van der Waals surface area contributed by atoms with E-state index in [0.717, 1.165) is 10.3 Å².